The number of nitrogens with zero attached hydrogens (tertiary/aromatic N) is 3. The monoisotopic (exact) mass is 574 g/mol. The van der Waals surface area contributed by atoms with Crippen molar-refractivity contribution in [2.45, 2.75) is 32.4 Å². The highest BCUT2D eigenvalue weighted by molar-refractivity contribution is 7.71. The molecule has 3 heterocycles. The maximum absolute atomic E-state index is 13.5. The molecule has 4 aromatic rings. The second kappa shape index (κ2) is 10.1. The number of anilines is 1. The summed E-state index contributed by atoms with van der Waals surface area (Å²) in [5.74, 6) is -1.90. The fourth-order valence-electron chi connectivity index (χ4n) is 5.14. The predicted octanol–water partition coefficient (Wildman–Crippen LogP) is 2.74. The summed E-state index contributed by atoms with van der Waals surface area (Å²) < 4.78 is 11.7. The van der Waals surface area contributed by atoms with E-state index < -0.39 is 17.8 Å². The van der Waals surface area contributed by atoms with Crippen molar-refractivity contribution in [3.05, 3.63) is 80.4 Å². The van der Waals surface area contributed by atoms with Gasteiger partial charge in [-0.15, -0.1) is 0 Å². The molecule has 2 aliphatic rings. The van der Waals surface area contributed by atoms with Gasteiger partial charge in [0.05, 0.1) is 17.3 Å². The summed E-state index contributed by atoms with van der Waals surface area (Å²) in [6.45, 7) is 1.81. The summed E-state index contributed by atoms with van der Waals surface area (Å²) in [6, 6.07) is 9.33. The molecular formula is C27H22N6O7S. The molecule has 0 spiro atoms. The number of carboxylic acids is 1. The van der Waals surface area contributed by atoms with Crippen LogP contribution in [0.25, 0.3) is 5.78 Å². The van der Waals surface area contributed by atoms with E-state index in [0.29, 0.717) is 35.4 Å². The average molecular weight is 575 g/mol. The third kappa shape index (κ3) is 4.78. The van der Waals surface area contributed by atoms with Gasteiger partial charge in [-0.25, -0.2) is 14.2 Å². The van der Waals surface area contributed by atoms with Crippen molar-refractivity contribution >= 4 is 47.4 Å². The number of aromatic carboxylic acids is 1. The zero-order valence-electron chi connectivity index (χ0n) is 21.5. The van der Waals surface area contributed by atoms with Crippen LogP contribution in [0.4, 0.5) is 5.69 Å². The van der Waals surface area contributed by atoms with Crippen molar-refractivity contribution in [1.29, 1.82) is 0 Å². The summed E-state index contributed by atoms with van der Waals surface area (Å²) in [5, 5.41) is 21.7. The Morgan fingerprint density at radius 3 is 2.83 bits per heavy atom. The van der Waals surface area contributed by atoms with Gasteiger partial charge in [-0.2, -0.15) is 0 Å². The first-order valence-corrected chi connectivity index (χ1v) is 13.0. The SMILES string of the molecule is Cc1c(C(=O)O)ccc2c1CC[C@@H]2NC(=O)c1cc(C(=O)NCc2ccc3c(c2)NC(=O)CO3)nc2noc(=S)n12. The van der Waals surface area contributed by atoms with Crippen LogP contribution in [0, 0.1) is 11.8 Å². The fourth-order valence-corrected chi connectivity index (χ4v) is 5.36. The molecule has 1 aliphatic heterocycles. The first-order chi connectivity index (χ1) is 19.7. The quantitative estimate of drug-likeness (QED) is 0.250. The van der Waals surface area contributed by atoms with Gasteiger partial charge in [0.1, 0.15) is 17.1 Å². The molecule has 0 radical (unpaired) electrons. The Kier molecular flexibility index (Phi) is 6.46. The molecule has 14 heteroatoms. The largest absolute Gasteiger partial charge is 0.482 e. The predicted molar refractivity (Wildman–Crippen MR) is 144 cm³/mol. The van der Waals surface area contributed by atoms with Gasteiger partial charge >= 0.3 is 10.8 Å². The highest BCUT2D eigenvalue weighted by Gasteiger charge is 2.29. The smallest absolute Gasteiger partial charge is 0.335 e. The van der Waals surface area contributed by atoms with Crippen LogP contribution in [0.5, 0.6) is 5.75 Å². The minimum atomic E-state index is -1.00. The Morgan fingerprint density at radius 1 is 1.20 bits per heavy atom. The first kappa shape index (κ1) is 26.1. The van der Waals surface area contributed by atoms with E-state index >= 15 is 0 Å². The standard InChI is InChI=1S/C27H22N6O7S/c1-12-14-5-6-17(16(14)4-3-15(12)25(37)38)30-24(36)20-9-19(31-26-32-40-27(41)33(20)26)23(35)28-10-13-2-7-21-18(8-13)29-22(34)11-39-21/h2-4,7-9,17H,5-6,10-11H2,1H3,(H,28,35)(H,29,34)(H,30,36)(H,37,38)/t17-/m0/s1. The van der Waals surface area contributed by atoms with Gasteiger partial charge in [-0.3, -0.25) is 14.4 Å². The summed E-state index contributed by atoms with van der Waals surface area (Å²) in [6.07, 6.45) is 1.19. The van der Waals surface area contributed by atoms with Gasteiger partial charge in [-0.05, 0) is 83.7 Å². The second-order valence-corrected chi connectivity index (χ2v) is 9.99. The lowest BCUT2D eigenvalue weighted by atomic mass is 9.98. The van der Waals surface area contributed by atoms with Gasteiger partial charge in [0.15, 0.2) is 6.61 Å². The highest BCUT2D eigenvalue weighted by atomic mass is 32.1. The summed E-state index contributed by atoms with van der Waals surface area (Å²) in [7, 11) is 0. The van der Waals surface area contributed by atoms with Gasteiger partial charge in [0.2, 0.25) is 0 Å². The zero-order valence-corrected chi connectivity index (χ0v) is 22.3. The van der Waals surface area contributed by atoms with Crippen molar-refractivity contribution in [3.8, 4) is 5.75 Å². The number of carbonyl (C=O) groups excluding carboxylic acids is 3. The van der Waals surface area contributed by atoms with Crippen molar-refractivity contribution < 1.29 is 33.5 Å². The first-order valence-electron chi connectivity index (χ1n) is 12.6. The molecule has 0 saturated heterocycles. The van der Waals surface area contributed by atoms with Crippen molar-refractivity contribution in [2.24, 2.45) is 0 Å². The lowest BCUT2D eigenvalue weighted by Gasteiger charge is -2.18. The van der Waals surface area contributed by atoms with E-state index in [2.05, 4.69) is 26.1 Å². The second-order valence-electron chi connectivity index (χ2n) is 9.64. The normalized spacial score (nSPS) is 15.4. The molecule has 0 saturated carbocycles. The van der Waals surface area contributed by atoms with E-state index in [1.807, 2.05) is 0 Å². The van der Waals surface area contributed by atoms with Crippen LogP contribution < -0.4 is 20.7 Å². The van der Waals surface area contributed by atoms with Crippen molar-refractivity contribution in [3.63, 3.8) is 0 Å². The number of ether oxygens (including phenoxy) is 1. The molecule has 2 aromatic carbocycles. The molecule has 208 valence electrons. The maximum atomic E-state index is 13.5. The molecular weight excluding hydrogens is 552 g/mol. The maximum Gasteiger partial charge on any atom is 0.335 e. The number of hydrogen-bond acceptors (Lipinski definition) is 9. The van der Waals surface area contributed by atoms with Gasteiger partial charge in [0, 0.05) is 6.54 Å². The van der Waals surface area contributed by atoms with E-state index in [4.69, 9.17) is 21.5 Å². The number of amides is 3. The highest BCUT2D eigenvalue weighted by Crippen LogP contribution is 2.35. The van der Waals surface area contributed by atoms with Gasteiger partial charge in [-0.1, -0.05) is 12.1 Å². The lowest BCUT2D eigenvalue weighted by molar-refractivity contribution is -0.118. The number of aromatic nitrogens is 3. The van der Waals surface area contributed by atoms with E-state index in [0.717, 1.165) is 11.1 Å². The fraction of sp³-hybridized carbons (Fsp3) is 0.222. The number of hydrogen-bond donors (Lipinski definition) is 4. The van der Waals surface area contributed by atoms with E-state index in [1.54, 1.807) is 31.2 Å². The number of fused-ring (bicyclic) bond motifs is 3. The van der Waals surface area contributed by atoms with Crippen LogP contribution in [0.1, 0.15) is 66.1 Å². The molecule has 3 amide bonds. The Bertz CT molecular complexity index is 1850. The number of carboxylic acid groups (broad SMARTS) is 1. The van der Waals surface area contributed by atoms with Crippen LogP contribution in [0.15, 0.2) is 40.9 Å². The zero-order chi connectivity index (χ0) is 28.8. The van der Waals surface area contributed by atoms with E-state index in [1.165, 1.54) is 16.5 Å². The molecule has 0 unspecified atom stereocenters. The Balaban J connectivity index is 1.24. The molecule has 4 N–H and O–H groups in total. The van der Waals surface area contributed by atoms with Gasteiger partial charge < -0.3 is 30.3 Å². The number of carbonyl (C=O) groups is 4. The van der Waals surface area contributed by atoms with Crippen molar-refractivity contribution in [2.75, 3.05) is 11.9 Å². The van der Waals surface area contributed by atoms with Crippen LogP contribution >= 0.6 is 12.2 Å². The topological polar surface area (TPSA) is 177 Å². The molecule has 0 bridgehead atoms. The molecule has 13 nitrogen and oxygen atoms in total. The average Bonchev–Trinajstić information content (AvgIpc) is 3.54. The summed E-state index contributed by atoms with van der Waals surface area (Å²) >= 11 is 5.19. The van der Waals surface area contributed by atoms with Crippen LogP contribution in [-0.2, 0) is 17.8 Å². The molecule has 0 fully saturated rings. The summed E-state index contributed by atoms with van der Waals surface area (Å²) in [5.41, 5.74) is 3.76. The number of nitrogens with one attached hydrogen (secondary N) is 3. The van der Waals surface area contributed by atoms with Gasteiger partial charge in [0.25, 0.3) is 23.5 Å². The van der Waals surface area contributed by atoms with Crippen LogP contribution in [0.3, 0.4) is 0 Å². The number of benzene rings is 2. The molecule has 2 aromatic heterocycles. The Labute approximate surface area is 236 Å². The summed E-state index contributed by atoms with van der Waals surface area (Å²) in [4.78, 5) is 53.8. The minimum absolute atomic E-state index is 0.00682. The molecule has 1 aliphatic carbocycles. The molecule has 6 rings (SSSR count). The van der Waals surface area contributed by atoms with E-state index in [-0.39, 0.29) is 52.7 Å². The molecule has 1 atom stereocenters. The minimum Gasteiger partial charge on any atom is -0.482 e. The van der Waals surface area contributed by atoms with Crippen molar-refractivity contribution in [1.82, 2.24) is 25.2 Å². The Morgan fingerprint density at radius 2 is 2.02 bits per heavy atom. The molecule has 41 heavy (non-hydrogen) atoms. The lowest BCUT2D eigenvalue weighted by Crippen LogP contribution is -2.30. The van der Waals surface area contributed by atoms with E-state index in [9.17, 15) is 24.3 Å². The van der Waals surface area contributed by atoms with Crippen LogP contribution in [-0.4, -0.2) is 49.9 Å². The number of rotatable bonds is 6. The third-order valence-electron chi connectivity index (χ3n) is 7.15. The Hall–Kier alpha value is -5.11. The third-order valence-corrected chi connectivity index (χ3v) is 7.40. The van der Waals surface area contributed by atoms with Crippen LogP contribution in [0.2, 0.25) is 0 Å².